The van der Waals surface area contributed by atoms with Crippen molar-refractivity contribution in [1.82, 2.24) is 5.32 Å². The van der Waals surface area contributed by atoms with Crippen molar-refractivity contribution in [3.05, 3.63) is 0 Å². The highest BCUT2D eigenvalue weighted by atomic mass is 16.1. The molecule has 9 heavy (non-hydrogen) atoms. The third kappa shape index (κ3) is 3.08. The number of rotatable bonds is 4. The third-order valence-corrected chi connectivity index (χ3v) is 1.34. The van der Waals surface area contributed by atoms with Crippen LogP contribution in [-0.4, -0.2) is 19.0 Å². The van der Waals surface area contributed by atoms with Crippen LogP contribution in [0.1, 0.15) is 13.8 Å². The van der Waals surface area contributed by atoms with Gasteiger partial charge in [0.2, 0.25) is 6.41 Å². The largest absolute Gasteiger partial charge is 0.354 e. The van der Waals surface area contributed by atoms with Crippen LogP contribution in [0.2, 0.25) is 0 Å². The van der Waals surface area contributed by atoms with Gasteiger partial charge in [-0.1, -0.05) is 13.8 Å². The van der Waals surface area contributed by atoms with E-state index >= 15 is 0 Å². The van der Waals surface area contributed by atoms with Gasteiger partial charge in [-0.15, -0.1) is 0 Å². The van der Waals surface area contributed by atoms with Crippen molar-refractivity contribution in [2.75, 3.05) is 6.54 Å². The minimum absolute atomic E-state index is 0.127. The van der Waals surface area contributed by atoms with Crippen LogP contribution in [0.3, 0.4) is 0 Å². The fourth-order valence-corrected chi connectivity index (χ4v) is 0.620. The molecule has 0 spiro atoms. The van der Waals surface area contributed by atoms with Gasteiger partial charge in [0, 0.05) is 12.6 Å². The van der Waals surface area contributed by atoms with E-state index in [9.17, 15) is 4.79 Å². The van der Waals surface area contributed by atoms with Crippen LogP contribution in [-0.2, 0) is 4.79 Å². The molecule has 3 nitrogen and oxygen atoms in total. The zero-order valence-corrected chi connectivity index (χ0v) is 5.92. The van der Waals surface area contributed by atoms with E-state index in [-0.39, 0.29) is 6.04 Å². The van der Waals surface area contributed by atoms with Crippen LogP contribution in [0.15, 0.2) is 0 Å². The van der Waals surface area contributed by atoms with Crippen LogP contribution >= 0.6 is 0 Å². The highest BCUT2D eigenvalue weighted by Gasteiger charge is 2.07. The Morgan fingerprint density at radius 2 is 2.22 bits per heavy atom. The van der Waals surface area contributed by atoms with E-state index in [4.69, 9.17) is 5.73 Å². The van der Waals surface area contributed by atoms with Gasteiger partial charge in [-0.05, 0) is 5.92 Å². The van der Waals surface area contributed by atoms with Crippen molar-refractivity contribution < 1.29 is 4.79 Å². The standard InChI is InChI=1S/C6H14N2O/c1-5(2)6(3-7)8-4-9/h4-6H,3,7H2,1-2H3,(H,8,9). The fourth-order valence-electron chi connectivity index (χ4n) is 0.620. The van der Waals surface area contributed by atoms with Crippen molar-refractivity contribution in [2.45, 2.75) is 19.9 Å². The van der Waals surface area contributed by atoms with E-state index in [0.717, 1.165) is 0 Å². The van der Waals surface area contributed by atoms with Gasteiger partial charge < -0.3 is 11.1 Å². The highest BCUT2D eigenvalue weighted by molar-refractivity contribution is 5.46. The van der Waals surface area contributed by atoms with Gasteiger partial charge in [0.15, 0.2) is 0 Å². The second kappa shape index (κ2) is 4.32. The Bertz CT molecular complexity index is 83.1. The Kier molecular flexibility index (Phi) is 4.05. The topological polar surface area (TPSA) is 55.1 Å². The van der Waals surface area contributed by atoms with Gasteiger partial charge in [-0.25, -0.2) is 0 Å². The summed E-state index contributed by atoms with van der Waals surface area (Å²) < 4.78 is 0. The molecule has 0 aliphatic heterocycles. The molecule has 0 rings (SSSR count). The molecule has 0 saturated heterocycles. The second-order valence-corrected chi connectivity index (χ2v) is 2.37. The average molecular weight is 130 g/mol. The van der Waals surface area contributed by atoms with Crippen LogP contribution < -0.4 is 11.1 Å². The molecule has 54 valence electrons. The Hall–Kier alpha value is -0.570. The molecule has 0 saturated carbocycles. The molecule has 0 aliphatic rings. The van der Waals surface area contributed by atoms with Crippen molar-refractivity contribution in [3.8, 4) is 0 Å². The lowest BCUT2D eigenvalue weighted by Gasteiger charge is -2.16. The summed E-state index contributed by atoms with van der Waals surface area (Å²) in [6.45, 7) is 4.55. The number of nitrogens with one attached hydrogen (secondary N) is 1. The lowest BCUT2D eigenvalue weighted by Crippen LogP contribution is -2.39. The Labute approximate surface area is 55.6 Å². The molecule has 0 aromatic carbocycles. The van der Waals surface area contributed by atoms with Crippen molar-refractivity contribution in [1.29, 1.82) is 0 Å². The van der Waals surface area contributed by atoms with E-state index in [1.807, 2.05) is 13.8 Å². The summed E-state index contributed by atoms with van der Waals surface area (Å²) in [7, 11) is 0. The molecule has 1 atom stereocenters. The summed E-state index contributed by atoms with van der Waals surface area (Å²) >= 11 is 0. The molecule has 0 fully saturated rings. The molecule has 0 radical (unpaired) electrons. The van der Waals surface area contributed by atoms with Gasteiger partial charge in [0.1, 0.15) is 0 Å². The van der Waals surface area contributed by atoms with Crippen molar-refractivity contribution >= 4 is 6.41 Å². The van der Waals surface area contributed by atoms with Gasteiger partial charge in [0.25, 0.3) is 0 Å². The maximum absolute atomic E-state index is 9.91. The summed E-state index contributed by atoms with van der Waals surface area (Å²) in [5.74, 6) is 0.417. The minimum atomic E-state index is 0.127. The zero-order chi connectivity index (χ0) is 7.28. The van der Waals surface area contributed by atoms with Crippen LogP contribution in [0.4, 0.5) is 0 Å². The maximum atomic E-state index is 9.91. The predicted octanol–water partition coefficient (Wildman–Crippen LogP) is -0.284. The SMILES string of the molecule is CC(C)C(CN)NC=O. The summed E-state index contributed by atoms with van der Waals surface area (Å²) in [6, 6.07) is 0.127. The molecule has 0 aromatic rings. The first-order valence-corrected chi connectivity index (χ1v) is 3.12. The molecule has 3 N–H and O–H groups in total. The number of hydrogen-bond donors (Lipinski definition) is 2. The van der Waals surface area contributed by atoms with Crippen LogP contribution in [0.5, 0.6) is 0 Å². The number of nitrogens with two attached hydrogens (primary N) is 1. The summed E-state index contributed by atoms with van der Waals surface area (Å²) in [6.07, 6.45) is 0.692. The van der Waals surface area contributed by atoms with E-state index in [2.05, 4.69) is 5.32 Å². The monoisotopic (exact) mass is 130 g/mol. The number of carbonyl (C=O) groups is 1. The second-order valence-electron chi connectivity index (χ2n) is 2.37. The Morgan fingerprint density at radius 1 is 1.67 bits per heavy atom. The molecular formula is C6H14N2O. The van der Waals surface area contributed by atoms with Crippen LogP contribution in [0.25, 0.3) is 0 Å². The van der Waals surface area contributed by atoms with Gasteiger partial charge >= 0.3 is 0 Å². The first-order chi connectivity index (χ1) is 4.22. The third-order valence-electron chi connectivity index (χ3n) is 1.34. The lowest BCUT2D eigenvalue weighted by molar-refractivity contribution is -0.110. The van der Waals surface area contributed by atoms with E-state index < -0.39 is 0 Å². The van der Waals surface area contributed by atoms with E-state index in [0.29, 0.717) is 18.9 Å². The summed E-state index contributed by atoms with van der Waals surface area (Å²) in [4.78, 5) is 9.91. The van der Waals surface area contributed by atoms with Crippen LogP contribution in [0, 0.1) is 5.92 Å². The number of amides is 1. The molecule has 0 aromatic heterocycles. The lowest BCUT2D eigenvalue weighted by atomic mass is 10.1. The minimum Gasteiger partial charge on any atom is -0.354 e. The molecule has 0 bridgehead atoms. The first kappa shape index (κ1) is 8.43. The summed E-state index contributed by atoms with van der Waals surface area (Å²) in [5, 5.41) is 2.63. The normalized spacial score (nSPS) is 13.3. The zero-order valence-electron chi connectivity index (χ0n) is 5.92. The van der Waals surface area contributed by atoms with Crippen molar-refractivity contribution in [3.63, 3.8) is 0 Å². The van der Waals surface area contributed by atoms with Gasteiger partial charge in [0.05, 0.1) is 0 Å². The average Bonchev–Trinajstić information content (AvgIpc) is 1.82. The predicted molar refractivity (Wildman–Crippen MR) is 36.9 cm³/mol. The van der Waals surface area contributed by atoms with Gasteiger partial charge in [-0.3, -0.25) is 4.79 Å². The Morgan fingerprint density at radius 3 is 2.33 bits per heavy atom. The molecular weight excluding hydrogens is 116 g/mol. The highest BCUT2D eigenvalue weighted by Crippen LogP contribution is 1.97. The first-order valence-electron chi connectivity index (χ1n) is 3.12. The fraction of sp³-hybridized carbons (Fsp3) is 0.833. The number of hydrogen-bond acceptors (Lipinski definition) is 2. The maximum Gasteiger partial charge on any atom is 0.207 e. The van der Waals surface area contributed by atoms with E-state index in [1.54, 1.807) is 0 Å². The smallest absolute Gasteiger partial charge is 0.207 e. The quantitative estimate of drug-likeness (QED) is 0.514. The van der Waals surface area contributed by atoms with E-state index in [1.165, 1.54) is 0 Å². The molecule has 1 amide bonds. The Balaban J connectivity index is 3.53. The summed E-state index contributed by atoms with van der Waals surface area (Å²) in [5.41, 5.74) is 5.34. The van der Waals surface area contributed by atoms with Gasteiger partial charge in [-0.2, -0.15) is 0 Å². The molecule has 0 aliphatic carbocycles. The number of carbonyl (C=O) groups excluding carboxylic acids is 1. The van der Waals surface area contributed by atoms with Crippen molar-refractivity contribution in [2.24, 2.45) is 11.7 Å². The molecule has 3 heteroatoms. The molecule has 1 unspecified atom stereocenters. The molecule has 0 heterocycles.